The topological polar surface area (TPSA) is 64.7 Å². The quantitative estimate of drug-likeness (QED) is 0.685. The van der Waals surface area contributed by atoms with Crippen LogP contribution in [0.1, 0.15) is 33.1 Å². The van der Waals surface area contributed by atoms with Crippen molar-refractivity contribution in [3.63, 3.8) is 0 Å². The summed E-state index contributed by atoms with van der Waals surface area (Å²) in [6.07, 6.45) is 2.74. The van der Waals surface area contributed by atoms with Gasteiger partial charge in [0.2, 0.25) is 11.8 Å². The number of carbonyl (C=O) groups excluding carboxylic acids is 2. The van der Waals surface area contributed by atoms with Crippen LogP contribution in [0.3, 0.4) is 0 Å². The summed E-state index contributed by atoms with van der Waals surface area (Å²) in [4.78, 5) is 28.7. The van der Waals surface area contributed by atoms with Gasteiger partial charge in [0.15, 0.2) is 0 Å². The first-order valence-electron chi connectivity index (χ1n) is 8.52. The molecule has 2 saturated heterocycles. The molecule has 2 rings (SSSR count). The van der Waals surface area contributed by atoms with Crippen molar-refractivity contribution in [3.8, 4) is 0 Å². The maximum Gasteiger partial charge on any atom is 0.225 e. The molecule has 142 valence electrons. The van der Waals surface area contributed by atoms with Crippen LogP contribution in [0.2, 0.25) is 0 Å². The number of amides is 2. The zero-order valence-corrected chi connectivity index (χ0v) is 16.5. The number of hydrogen-bond donors (Lipinski definition) is 2. The van der Waals surface area contributed by atoms with E-state index in [1.807, 2.05) is 18.9 Å². The van der Waals surface area contributed by atoms with E-state index in [0.717, 1.165) is 26.1 Å². The Labute approximate surface area is 157 Å². The molecule has 0 aromatic rings. The minimum absolute atomic E-state index is 0. The number of likely N-dealkylation sites (tertiary alicyclic amines) is 2. The first kappa shape index (κ1) is 23.4. The largest absolute Gasteiger partial charge is 0.354 e. The van der Waals surface area contributed by atoms with Crippen molar-refractivity contribution in [2.24, 2.45) is 5.92 Å². The molecule has 0 spiro atoms. The fourth-order valence-corrected chi connectivity index (χ4v) is 3.40. The zero-order chi connectivity index (χ0) is 16.1. The smallest absolute Gasteiger partial charge is 0.225 e. The highest BCUT2D eigenvalue weighted by Gasteiger charge is 2.36. The minimum atomic E-state index is -0.187. The Hall–Kier alpha value is -0.560. The zero-order valence-electron chi connectivity index (χ0n) is 14.9. The third-order valence-electron chi connectivity index (χ3n) is 5.00. The van der Waals surface area contributed by atoms with Gasteiger partial charge in [-0.05, 0) is 39.9 Å². The maximum absolute atomic E-state index is 12.2. The molecule has 24 heavy (non-hydrogen) atoms. The molecule has 0 bridgehead atoms. The molecule has 3 unspecified atom stereocenters. The number of hydrogen-bond acceptors (Lipinski definition) is 4. The summed E-state index contributed by atoms with van der Waals surface area (Å²) >= 11 is 0. The van der Waals surface area contributed by atoms with E-state index in [9.17, 15) is 9.59 Å². The second kappa shape index (κ2) is 11.1. The van der Waals surface area contributed by atoms with Gasteiger partial charge in [-0.3, -0.25) is 14.5 Å². The molecule has 2 aliphatic rings. The summed E-state index contributed by atoms with van der Waals surface area (Å²) in [6.45, 7) is 8.32. The van der Waals surface area contributed by atoms with Gasteiger partial charge in [-0.15, -0.1) is 24.8 Å². The Morgan fingerprint density at radius 2 is 2.08 bits per heavy atom. The van der Waals surface area contributed by atoms with E-state index in [1.165, 1.54) is 6.42 Å². The highest BCUT2D eigenvalue weighted by molar-refractivity contribution is 5.89. The van der Waals surface area contributed by atoms with Crippen LogP contribution in [0.4, 0.5) is 0 Å². The van der Waals surface area contributed by atoms with Gasteiger partial charge in [-0.2, -0.15) is 0 Å². The predicted octanol–water partition coefficient (Wildman–Crippen LogP) is 0.887. The first-order chi connectivity index (χ1) is 10.5. The monoisotopic (exact) mass is 382 g/mol. The number of rotatable bonds is 7. The van der Waals surface area contributed by atoms with Crippen LogP contribution in [0.25, 0.3) is 0 Å². The molecule has 3 atom stereocenters. The van der Waals surface area contributed by atoms with Crippen LogP contribution in [-0.2, 0) is 9.59 Å². The Morgan fingerprint density at radius 1 is 1.38 bits per heavy atom. The SMILES string of the molecule is CCN1CCCC1CN1CC(C(=O)NCC(C)NC)CC1=O.Cl.Cl. The molecule has 2 fully saturated rings. The summed E-state index contributed by atoms with van der Waals surface area (Å²) in [7, 11) is 1.87. The molecule has 0 aromatic heterocycles. The highest BCUT2D eigenvalue weighted by atomic mass is 35.5. The number of likely N-dealkylation sites (N-methyl/N-ethyl adjacent to an activating group) is 2. The van der Waals surface area contributed by atoms with Crippen LogP contribution in [0.15, 0.2) is 0 Å². The highest BCUT2D eigenvalue weighted by Crippen LogP contribution is 2.23. The molecule has 2 aliphatic heterocycles. The molecule has 0 aliphatic carbocycles. The second-order valence-corrected chi connectivity index (χ2v) is 6.56. The molecule has 0 saturated carbocycles. The maximum atomic E-state index is 12.2. The lowest BCUT2D eigenvalue weighted by Crippen LogP contribution is -2.42. The van der Waals surface area contributed by atoms with Crippen molar-refractivity contribution in [2.75, 3.05) is 39.8 Å². The Bertz CT molecular complexity index is 412. The number of nitrogens with zero attached hydrogens (tertiary/aromatic N) is 2. The van der Waals surface area contributed by atoms with Crippen molar-refractivity contribution in [1.29, 1.82) is 0 Å². The predicted molar refractivity (Wildman–Crippen MR) is 101 cm³/mol. The summed E-state index contributed by atoms with van der Waals surface area (Å²) < 4.78 is 0. The molecular formula is C16H32Cl2N4O2. The fourth-order valence-electron chi connectivity index (χ4n) is 3.40. The van der Waals surface area contributed by atoms with E-state index < -0.39 is 0 Å². The molecule has 2 N–H and O–H groups in total. The number of nitrogens with one attached hydrogen (secondary N) is 2. The van der Waals surface area contributed by atoms with Crippen molar-refractivity contribution in [1.82, 2.24) is 20.4 Å². The van der Waals surface area contributed by atoms with Gasteiger partial charge >= 0.3 is 0 Å². The summed E-state index contributed by atoms with van der Waals surface area (Å²) in [5.74, 6) is -0.0467. The summed E-state index contributed by atoms with van der Waals surface area (Å²) in [5, 5.41) is 6.03. The lowest BCUT2D eigenvalue weighted by Gasteiger charge is -2.27. The van der Waals surface area contributed by atoms with E-state index in [2.05, 4.69) is 22.5 Å². The lowest BCUT2D eigenvalue weighted by molar-refractivity contribution is -0.129. The molecule has 0 radical (unpaired) electrons. The van der Waals surface area contributed by atoms with Crippen molar-refractivity contribution in [3.05, 3.63) is 0 Å². The van der Waals surface area contributed by atoms with Gasteiger partial charge in [0, 0.05) is 38.1 Å². The fraction of sp³-hybridized carbons (Fsp3) is 0.875. The second-order valence-electron chi connectivity index (χ2n) is 6.56. The van der Waals surface area contributed by atoms with Crippen LogP contribution >= 0.6 is 24.8 Å². The van der Waals surface area contributed by atoms with Crippen molar-refractivity contribution >= 4 is 36.6 Å². The average molecular weight is 383 g/mol. The third kappa shape index (κ3) is 6.06. The Morgan fingerprint density at radius 3 is 2.71 bits per heavy atom. The van der Waals surface area contributed by atoms with Gasteiger partial charge in [-0.1, -0.05) is 6.92 Å². The van der Waals surface area contributed by atoms with Gasteiger partial charge < -0.3 is 15.5 Å². The number of carbonyl (C=O) groups is 2. The summed E-state index contributed by atoms with van der Waals surface area (Å²) in [5.41, 5.74) is 0. The van der Waals surface area contributed by atoms with Crippen LogP contribution in [0, 0.1) is 5.92 Å². The van der Waals surface area contributed by atoms with E-state index in [0.29, 0.717) is 25.6 Å². The molecule has 0 aromatic carbocycles. The van der Waals surface area contributed by atoms with E-state index in [-0.39, 0.29) is 48.6 Å². The molecule has 6 nitrogen and oxygen atoms in total. The first-order valence-corrected chi connectivity index (χ1v) is 8.52. The lowest BCUT2D eigenvalue weighted by atomic mass is 10.1. The summed E-state index contributed by atoms with van der Waals surface area (Å²) in [6, 6.07) is 0.717. The van der Waals surface area contributed by atoms with Crippen LogP contribution in [-0.4, -0.2) is 73.5 Å². The minimum Gasteiger partial charge on any atom is -0.354 e. The normalized spacial score (nSPS) is 25.1. The molecule has 8 heteroatoms. The number of halogens is 2. The average Bonchev–Trinajstić information content (AvgIpc) is 3.11. The Balaban J connectivity index is 0.00000264. The van der Waals surface area contributed by atoms with Gasteiger partial charge in [-0.25, -0.2) is 0 Å². The van der Waals surface area contributed by atoms with Gasteiger partial charge in [0.05, 0.1) is 5.92 Å². The third-order valence-corrected chi connectivity index (χ3v) is 5.00. The van der Waals surface area contributed by atoms with E-state index >= 15 is 0 Å². The van der Waals surface area contributed by atoms with E-state index in [4.69, 9.17) is 0 Å². The standard InChI is InChI=1S/C16H30N4O2.2ClH/c1-4-19-7-5-6-14(19)11-20-10-13(8-15(20)21)16(22)18-9-12(2)17-3;;/h12-14,17H,4-11H2,1-3H3,(H,18,22);2*1H. The van der Waals surface area contributed by atoms with Gasteiger partial charge in [0.25, 0.3) is 0 Å². The molecule has 2 amide bonds. The van der Waals surface area contributed by atoms with Crippen molar-refractivity contribution in [2.45, 2.75) is 45.2 Å². The van der Waals surface area contributed by atoms with Crippen LogP contribution < -0.4 is 10.6 Å². The molecular weight excluding hydrogens is 351 g/mol. The van der Waals surface area contributed by atoms with E-state index in [1.54, 1.807) is 0 Å². The van der Waals surface area contributed by atoms with Gasteiger partial charge in [0.1, 0.15) is 0 Å². The van der Waals surface area contributed by atoms with Crippen molar-refractivity contribution < 1.29 is 9.59 Å². The Kier molecular flexibility index (Phi) is 10.9. The van der Waals surface area contributed by atoms with Crippen LogP contribution in [0.5, 0.6) is 0 Å². The molecule has 2 heterocycles.